The van der Waals surface area contributed by atoms with Crippen molar-refractivity contribution in [3.05, 3.63) is 106 Å². The Morgan fingerprint density at radius 3 is 2.58 bits per heavy atom. The van der Waals surface area contributed by atoms with Crippen molar-refractivity contribution in [2.45, 2.75) is 12.7 Å². The summed E-state index contributed by atoms with van der Waals surface area (Å²) in [5.74, 6) is -0.269. The Kier molecular flexibility index (Phi) is 6.59. The number of hydrogen-bond acceptors (Lipinski definition) is 5. The van der Waals surface area contributed by atoms with Gasteiger partial charge in [0.15, 0.2) is 0 Å². The van der Waals surface area contributed by atoms with E-state index in [1.54, 1.807) is 29.2 Å². The molecule has 0 spiro atoms. The van der Waals surface area contributed by atoms with Gasteiger partial charge in [-0.15, -0.1) is 5.10 Å². The summed E-state index contributed by atoms with van der Waals surface area (Å²) in [6.45, 7) is 0.533. The minimum atomic E-state index is -0.590. The van der Waals surface area contributed by atoms with E-state index in [1.807, 2.05) is 48.5 Å². The Morgan fingerprint density at radius 1 is 1.10 bits per heavy atom. The van der Waals surface area contributed by atoms with Gasteiger partial charge in [-0.3, -0.25) is 9.78 Å². The maximum absolute atomic E-state index is 12.7. The predicted molar refractivity (Wildman–Crippen MR) is 123 cm³/mol. The number of carbonyl (C=O) groups excluding carboxylic acids is 1. The van der Waals surface area contributed by atoms with Gasteiger partial charge in [-0.25, -0.2) is 4.68 Å². The quantitative estimate of drug-likeness (QED) is 0.362. The van der Waals surface area contributed by atoms with Gasteiger partial charge >= 0.3 is 0 Å². The van der Waals surface area contributed by atoms with E-state index in [0.29, 0.717) is 22.8 Å². The van der Waals surface area contributed by atoms with E-state index >= 15 is 0 Å². The minimum absolute atomic E-state index is 0.269. The molecule has 7 nitrogen and oxygen atoms in total. The first kappa shape index (κ1) is 21.0. The van der Waals surface area contributed by atoms with Gasteiger partial charge in [0.2, 0.25) is 0 Å². The molecule has 9 heteroatoms. The molecule has 0 aliphatic carbocycles. The monoisotopic (exact) mass is 496 g/mol. The van der Waals surface area contributed by atoms with Crippen molar-refractivity contribution in [3.63, 3.8) is 0 Å². The third kappa shape index (κ3) is 5.68. The molecule has 1 amide bonds. The Balaban J connectivity index is 1.55. The van der Waals surface area contributed by atoms with E-state index in [9.17, 15) is 4.79 Å². The summed E-state index contributed by atoms with van der Waals surface area (Å²) >= 11 is 9.38. The lowest BCUT2D eigenvalue weighted by molar-refractivity contribution is 0.0940. The average Bonchev–Trinajstić information content (AvgIpc) is 3.25. The molecule has 31 heavy (non-hydrogen) atoms. The molecule has 2 heterocycles. The maximum atomic E-state index is 12.7. The zero-order valence-corrected chi connectivity index (χ0v) is 18.6. The average molecular weight is 498 g/mol. The molecule has 2 N–H and O–H groups in total. The first-order chi connectivity index (χ1) is 15.1. The van der Waals surface area contributed by atoms with E-state index in [2.05, 4.69) is 41.9 Å². The van der Waals surface area contributed by atoms with Crippen molar-refractivity contribution in [2.75, 3.05) is 5.32 Å². The fourth-order valence-corrected chi connectivity index (χ4v) is 3.30. The first-order valence-corrected chi connectivity index (χ1v) is 10.6. The molecule has 0 aliphatic heterocycles. The highest BCUT2D eigenvalue weighted by Crippen LogP contribution is 2.20. The summed E-state index contributed by atoms with van der Waals surface area (Å²) in [6, 6.07) is 18.6. The van der Waals surface area contributed by atoms with Crippen molar-refractivity contribution in [3.8, 4) is 0 Å². The minimum Gasteiger partial charge on any atom is -0.360 e. The summed E-state index contributed by atoms with van der Waals surface area (Å²) in [5.41, 5.74) is 2.90. The molecule has 4 rings (SSSR count). The molecule has 2 aromatic carbocycles. The molecule has 0 saturated carbocycles. The van der Waals surface area contributed by atoms with Gasteiger partial charge in [0.1, 0.15) is 11.9 Å². The van der Waals surface area contributed by atoms with Gasteiger partial charge in [-0.2, -0.15) is 0 Å². The molecule has 4 aromatic rings. The van der Waals surface area contributed by atoms with Crippen molar-refractivity contribution in [1.29, 1.82) is 0 Å². The van der Waals surface area contributed by atoms with Crippen LogP contribution in [-0.2, 0) is 6.54 Å². The van der Waals surface area contributed by atoms with Gasteiger partial charge in [-0.1, -0.05) is 44.9 Å². The van der Waals surface area contributed by atoms with Gasteiger partial charge in [0, 0.05) is 27.6 Å². The molecule has 0 saturated heterocycles. The Hall–Kier alpha value is -3.23. The zero-order chi connectivity index (χ0) is 21.6. The van der Waals surface area contributed by atoms with E-state index in [-0.39, 0.29) is 5.91 Å². The highest BCUT2D eigenvalue weighted by Gasteiger charge is 2.19. The standard InChI is InChI=1S/C22H18BrClN6O/c23-17-5-9-19(10-6-17)26-21(27-22(31)16-2-1-11-25-12-16)20-14-30(29-28-20)13-15-3-7-18(24)8-4-15/h1-12,14,21,26H,13H2,(H,27,31). The number of aromatic nitrogens is 4. The van der Waals surface area contributed by atoms with E-state index in [1.165, 1.54) is 6.20 Å². The maximum Gasteiger partial charge on any atom is 0.254 e. The van der Waals surface area contributed by atoms with Gasteiger partial charge in [-0.05, 0) is 54.1 Å². The summed E-state index contributed by atoms with van der Waals surface area (Å²) < 4.78 is 2.67. The number of hydrogen-bond donors (Lipinski definition) is 2. The van der Waals surface area contributed by atoms with Crippen molar-refractivity contribution >= 4 is 39.1 Å². The molecule has 0 aliphatic rings. The third-order valence-electron chi connectivity index (χ3n) is 4.46. The highest BCUT2D eigenvalue weighted by atomic mass is 79.9. The number of rotatable bonds is 7. The van der Waals surface area contributed by atoms with Crippen LogP contribution in [0.5, 0.6) is 0 Å². The molecule has 1 atom stereocenters. The summed E-state index contributed by atoms with van der Waals surface area (Å²) in [6.07, 6.45) is 4.35. The van der Waals surface area contributed by atoms with Gasteiger partial charge in [0.05, 0.1) is 18.3 Å². The van der Waals surface area contributed by atoms with Crippen LogP contribution in [0.4, 0.5) is 5.69 Å². The second-order valence-corrected chi connectivity index (χ2v) is 8.12. The SMILES string of the molecule is O=C(NC(Nc1ccc(Br)cc1)c1cn(Cc2ccc(Cl)cc2)nn1)c1cccnc1. The molecule has 0 fully saturated rings. The first-order valence-electron chi connectivity index (χ1n) is 9.44. The number of benzene rings is 2. The molecule has 2 aromatic heterocycles. The van der Waals surface area contributed by atoms with Crippen LogP contribution in [-0.4, -0.2) is 25.9 Å². The topological polar surface area (TPSA) is 84.7 Å². The van der Waals surface area contributed by atoms with Gasteiger partial charge < -0.3 is 10.6 Å². The van der Waals surface area contributed by atoms with Crippen LogP contribution in [0.25, 0.3) is 0 Å². The second kappa shape index (κ2) is 9.72. The molecule has 1 unspecified atom stereocenters. The zero-order valence-electron chi connectivity index (χ0n) is 16.2. The van der Waals surface area contributed by atoms with Crippen LogP contribution in [0.3, 0.4) is 0 Å². The Bertz CT molecular complexity index is 1150. The summed E-state index contributed by atoms with van der Waals surface area (Å²) in [4.78, 5) is 16.7. The molecular formula is C22H18BrClN6O. The third-order valence-corrected chi connectivity index (χ3v) is 5.24. The number of amides is 1. The molecule has 0 radical (unpaired) electrons. The lowest BCUT2D eigenvalue weighted by Gasteiger charge is -2.19. The van der Waals surface area contributed by atoms with Crippen molar-refractivity contribution in [1.82, 2.24) is 25.3 Å². The van der Waals surface area contributed by atoms with Crippen LogP contribution >= 0.6 is 27.5 Å². The molecule has 156 valence electrons. The highest BCUT2D eigenvalue weighted by molar-refractivity contribution is 9.10. The van der Waals surface area contributed by atoms with Crippen LogP contribution in [0.1, 0.15) is 27.8 Å². The van der Waals surface area contributed by atoms with Gasteiger partial charge in [0.25, 0.3) is 5.91 Å². The number of nitrogens with zero attached hydrogens (tertiary/aromatic N) is 4. The van der Waals surface area contributed by atoms with Crippen LogP contribution < -0.4 is 10.6 Å². The normalized spacial score (nSPS) is 11.7. The van der Waals surface area contributed by atoms with E-state index in [0.717, 1.165) is 15.7 Å². The van der Waals surface area contributed by atoms with E-state index in [4.69, 9.17) is 11.6 Å². The van der Waals surface area contributed by atoms with Crippen LogP contribution in [0.15, 0.2) is 83.7 Å². The van der Waals surface area contributed by atoms with Crippen molar-refractivity contribution < 1.29 is 4.79 Å². The molecular weight excluding hydrogens is 480 g/mol. The lowest BCUT2D eigenvalue weighted by Crippen LogP contribution is -2.33. The van der Waals surface area contributed by atoms with Crippen LogP contribution in [0.2, 0.25) is 5.02 Å². The lowest BCUT2D eigenvalue weighted by atomic mass is 10.2. The second-order valence-electron chi connectivity index (χ2n) is 6.77. The number of carbonyl (C=O) groups is 1. The summed E-state index contributed by atoms with van der Waals surface area (Å²) in [5, 5.41) is 15.4. The van der Waals surface area contributed by atoms with Crippen molar-refractivity contribution in [2.24, 2.45) is 0 Å². The Morgan fingerprint density at radius 2 is 1.87 bits per heavy atom. The predicted octanol–water partition coefficient (Wildman–Crippen LogP) is 4.68. The Labute approximate surface area is 192 Å². The van der Waals surface area contributed by atoms with Crippen LogP contribution in [0, 0.1) is 0 Å². The smallest absolute Gasteiger partial charge is 0.254 e. The fourth-order valence-electron chi connectivity index (χ4n) is 2.91. The number of anilines is 1. The summed E-state index contributed by atoms with van der Waals surface area (Å²) in [7, 11) is 0. The molecule has 0 bridgehead atoms. The number of pyridine rings is 1. The number of nitrogens with one attached hydrogen (secondary N) is 2. The van der Waals surface area contributed by atoms with E-state index < -0.39 is 6.17 Å². The number of halogens is 2. The fraction of sp³-hybridized carbons (Fsp3) is 0.0909. The largest absolute Gasteiger partial charge is 0.360 e.